The summed E-state index contributed by atoms with van der Waals surface area (Å²) >= 11 is 1.77. The highest BCUT2D eigenvalue weighted by Gasteiger charge is 2.20. The van der Waals surface area contributed by atoms with Gasteiger partial charge in [0.2, 0.25) is 0 Å². The van der Waals surface area contributed by atoms with E-state index in [4.69, 9.17) is 4.74 Å². The van der Waals surface area contributed by atoms with Crippen LogP contribution >= 0.6 is 11.3 Å². The third-order valence-electron chi connectivity index (χ3n) is 2.94. The Hall–Kier alpha value is -0.490. The summed E-state index contributed by atoms with van der Waals surface area (Å²) in [5.41, 5.74) is 1.21. The van der Waals surface area contributed by atoms with Crippen LogP contribution in [-0.2, 0) is 17.7 Å². The molecular weight excluding hydrogens is 234 g/mol. The summed E-state index contributed by atoms with van der Waals surface area (Å²) in [7, 11) is 1.97. The highest BCUT2D eigenvalue weighted by molar-refractivity contribution is 7.09. The Bertz CT molecular complexity index is 340. The second-order valence-electron chi connectivity index (χ2n) is 4.37. The van der Waals surface area contributed by atoms with Crippen molar-refractivity contribution >= 4 is 11.3 Å². The van der Waals surface area contributed by atoms with Gasteiger partial charge in [-0.05, 0) is 13.5 Å². The van der Waals surface area contributed by atoms with E-state index in [1.165, 1.54) is 10.7 Å². The van der Waals surface area contributed by atoms with Gasteiger partial charge in [0.05, 0.1) is 23.4 Å². The summed E-state index contributed by atoms with van der Waals surface area (Å²) in [6.07, 6.45) is 1.36. The number of aryl methyl sites for hydroxylation is 1. The lowest BCUT2D eigenvalue weighted by Gasteiger charge is -2.32. The van der Waals surface area contributed by atoms with Gasteiger partial charge in [0.15, 0.2) is 0 Å². The number of nitrogens with zero attached hydrogens (tertiary/aromatic N) is 2. The molecule has 1 atom stereocenters. The first kappa shape index (κ1) is 13.0. The van der Waals surface area contributed by atoms with E-state index in [1.807, 2.05) is 7.05 Å². The molecule has 0 spiro atoms. The lowest BCUT2D eigenvalue weighted by atomic mass is 10.2. The molecule has 0 aliphatic carbocycles. The average Bonchev–Trinajstić information content (AvgIpc) is 2.78. The first-order valence-electron chi connectivity index (χ1n) is 6.23. The number of likely N-dealkylation sites (N-methyl/N-ethyl adjacent to an activating group) is 1. The van der Waals surface area contributed by atoms with Crippen LogP contribution < -0.4 is 5.32 Å². The molecule has 0 saturated carbocycles. The maximum absolute atomic E-state index is 5.69. The largest absolute Gasteiger partial charge is 0.374 e. The van der Waals surface area contributed by atoms with Crippen molar-refractivity contribution in [3.8, 4) is 0 Å². The highest BCUT2D eigenvalue weighted by Crippen LogP contribution is 2.14. The van der Waals surface area contributed by atoms with Crippen LogP contribution in [-0.4, -0.2) is 49.3 Å². The van der Waals surface area contributed by atoms with Crippen molar-refractivity contribution in [3.63, 3.8) is 0 Å². The Morgan fingerprint density at radius 1 is 1.65 bits per heavy atom. The van der Waals surface area contributed by atoms with E-state index in [0.717, 1.165) is 39.2 Å². The van der Waals surface area contributed by atoms with Gasteiger partial charge in [-0.1, -0.05) is 6.92 Å². The van der Waals surface area contributed by atoms with Gasteiger partial charge in [-0.3, -0.25) is 4.90 Å². The van der Waals surface area contributed by atoms with Gasteiger partial charge in [-0.25, -0.2) is 4.98 Å². The molecule has 1 N–H and O–H groups in total. The van der Waals surface area contributed by atoms with E-state index in [2.05, 4.69) is 27.5 Å². The minimum atomic E-state index is 0.318. The first-order chi connectivity index (χ1) is 8.31. The zero-order valence-electron chi connectivity index (χ0n) is 10.6. The maximum atomic E-state index is 5.69. The maximum Gasteiger partial charge on any atom is 0.0926 e. The topological polar surface area (TPSA) is 37.4 Å². The molecular formula is C12H21N3OS. The van der Waals surface area contributed by atoms with Gasteiger partial charge >= 0.3 is 0 Å². The molecule has 2 heterocycles. The van der Waals surface area contributed by atoms with E-state index < -0.39 is 0 Å². The molecule has 0 bridgehead atoms. The standard InChI is InChI=1S/C12H21N3OS/c1-3-12-14-10(9-17-12)7-15-4-5-16-11(8-15)6-13-2/h9,11,13H,3-8H2,1-2H3. The molecule has 1 fully saturated rings. The molecule has 1 aromatic heterocycles. The predicted octanol–water partition coefficient (Wildman–Crippen LogP) is 1.13. The number of morpholine rings is 1. The molecule has 5 heteroatoms. The van der Waals surface area contributed by atoms with Crippen LogP contribution in [0.2, 0.25) is 0 Å². The lowest BCUT2D eigenvalue weighted by Crippen LogP contribution is -2.45. The second kappa shape index (κ2) is 6.44. The molecule has 17 heavy (non-hydrogen) atoms. The summed E-state index contributed by atoms with van der Waals surface area (Å²) < 4.78 is 5.69. The third kappa shape index (κ3) is 3.74. The minimum Gasteiger partial charge on any atom is -0.374 e. The number of nitrogens with one attached hydrogen (secondary N) is 1. The number of aromatic nitrogens is 1. The zero-order valence-corrected chi connectivity index (χ0v) is 11.4. The number of rotatable bonds is 5. The smallest absolute Gasteiger partial charge is 0.0926 e. The Morgan fingerprint density at radius 2 is 2.53 bits per heavy atom. The van der Waals surface area contributed by atoms with Crippen LogP contribution in [0.5, 0.6) is 0 Å². The fourth-order valence-corrected chi connectivity index (χ4v) is 2.82. The molecule has 1 saturated heterocycles. The third-order valence-corrected chi connectivity index (χ3v) is 3.98. The van der Waals surface area contributed by atoms with Gasteiger partial charge in [0.1, 0.15) is 0 Å². The molecule has 1 unspecified atom stereocenters. The molecule has 0 radical (unpaired) electrons. The van der Waals surface area contributed by atoms with Crippen molar-refractivity contribution in [3.05, 3.63) is 16.1 Å². The molecule has 2 rings (SSSR count). The summed E-state index contributed by atoms with van der Waals surface area (Å²) in [6.45, 7) is 6.88. The van der Waals surface area contributed by atoms with Crippen molar-refractivity contribution in [1.82, 2.24) is 15.2 Å². The number of hydrogen-bond donors (Lipinski definition) is 1. The normalized spacial score (nSPS) is 21.9. The quantitative estimate of drug-likeness (QED) is 0.856. The van der Waals surface area contributed by atoms with Crippen LogP contribution in [0.1, 0.15) is 17.6 Å². The molecule has 1 aliphatic heterocycles. The Morgan fingerprint density at radius 3 is 3.24 bits per heavy atom. The number of ether oxygens (including phenoxy) is 1. The first-order valence-corrected chi connectivity index (χ1v) is 7.11. The van der Waals surface area contributed by atoms with E-state index >= 15 is 0 Å². The van der Waals surface area contributed by atoms with E-state index in [9.17, 15) is 0 Å². The van der Waals surface area contributed by atoms with Crippen LogP contribution in [0.3, 0.4) is 0 Å². The molecule has 4 nitrogen and oxygen atoms in total. The van der Waals surface area contributed by atoms with E-state index in [1.54, 1.807) is 11.3 Å². The van der Waals surface area contributed by atoms with Crippen molar-refractivity contribution < 1.29 is 4.74 Å². The van der Waals surface area contributed by atoms with Crippen molar-refractivity contribution in [1.29, 1.82) is 0 Å². The van der Waals surface area contributed by atoms with Gasteiger partial charge in [0, 0.05) is 31.6 Å². The SMILES string of the molecule is CCc1nc(CN2CCOC(CNC)C2)cs1. The Labute approximate surface area is 107 Å². The van der Waals surface area contributed by atoms with Crippen molar-refractivity contribution in [2.24, 2.45) is 0 Å². The molecule has 0 aromatic carbocycles. The van der Waals surface area contributed by atoms with E-state index in [0.29, 0.717) is 6.10 Å². The van der Waals surface area contributed by atoms with E-state index in [-0.39, 0.29) is 0 Å². The zero-order chi connectivity index (χ0) is 12.1. The summed E-state index contributed by atoms with van der Waals surface area (Å²) in [5, 5.41) is 6.59. The monoisotopic (exact) mass is 255 g/mol. The van der Waals surface area contributed by atoms with Gasteiger partial charge < -0.3 is 10.1 Å². The van der Waals surface area contributed by atoms with Crippen LogP contribution in [0.25, 0.3) is 0 Å². The molecule has 96 valence electrons. The Balaban J connectivity index is 1.85. The van der Waals surface area contributed by atoms with Crippen molar-refractivity contribution in [2.45, 2.75) is 26.0 Å². The summed E-state index contributed by atoms with van der Waals surface area (Å²) in [6, 6.07) is 0. The highest BCUT2D eigenvalue weighted by atomic mass is 32.1. The number of thiazole rings is 1. The molecule has 1 aliphatic rings. The minimum absolute atomic E-state index is 0.318. The fourth-order valence-electron chi connectivity index (χ4n) is 2.09. The predicted molar refractivity (Wildman–Crippen MR) is 70.4 cm³/mol. The summed E-state index contributed by atoms with van der Waals surface area (Å²) in [5.74, 6) is 0. The number of hydrogen-bond acceptors (Lipinski definition) is 5. The van der Waals surface area contributed by atoms with Crippen LogP contribution in [0.15, 0.2) is 5.38 Å². The van der Waals surface area contributed by atoms with Crippen LogP contribution in [0, 0.1) is 0 Å². The van der Waals surface area contributed by atoms with Gasteiger partial charge in [-0.15, -0.1) is 11.3 Å². The van der Waals surface area contributed by atoms with Crippen LogP contribution in [0.4, 0.5) is 0 Å². The molecule has 0 amide bonds. The van der Waals surface area contributed by atoms with Crippen molar-refractivity contribution in [2.75, 3.05) is 33.3 Å². The summed E-state index contributed by atoms with van der Waals surface area (Å²) in [4.78, 5) is 7.04. The molecule has 1 aromatic rings. The average molecular weight is 255 g/mol. The van der Waals surface area contributed by atoms with Gasteiger partial charge in [-0.2, -0.15) is 0 Å². The fraction of sp³-hybridized carbons (Fsp3) is 0.750. The lowest BCUT2D eigenvalue weighted by molar-refractivity contribution is -0.0294. The Kier molecular flexibility index (Phi) is 4.91. The second-order valence-corrected chi connectivity index (χ2v) is 5.31. The van der Waals surface area contributed by atoms with Gasteiger partial charge in [0.25, 0.3) is 0 Å².